The SMILES string of the molecule is Cc1cc2nc(Cc3ccccc3)n(Cc3ccc(C(=O)NCCN4CCCC4)cc3)c2cc1C. The van der Waals surface area contributed by atoms with E-state index in [0.717, 1.165) is 55.0 Å². The molecule has 0 saturated carbocycles. The summed E-state index contributed by atoms with van der Waals surface area (Å²) in [6, 6.07) is 22.9. The maximum absolute atomic E-state index is 12.6. The van der Waals surface area contributed by atoms with Gasteiger partial charge in [0.15, 0.2) is 0 Å². The molecule has 1 aromatic heterocycles. The van der Waals surface area contributed by atoms with E-state index in [9.17, 15) is 4.79 Å². The predicted molar refractivity (Wildman–Crippen MR) is 142 cm³/mol. The van der Waals surface area contributed by atoms with Gasteiger partial charge in [0, 0.05) is 31.6 Å². The molecule has 35 heavy (non-hydrogen) atoms. The fraction of sp³-hybridized carbons (Fsp3) is 0.333. The Bertz CT molecular complexity index is 1300. The first kappa shape index (κ1) is 23.3. The molecule has 4 aromatic rings. The molecule has 2 heterocycles. The molecular weight excluding hydrogens is 432 g/mol. The molecule has 1 aliphatic rings. The van der Waals surface area contributed by atoms with Gasteiger partial charge in [0.1, 0.15) is 5.82 Å². The van der Waals surface area contributed by atoms with Gasteiger partial charge in [-0.2, -0.15) is 0 Å². The molecule has 1 aliphatic heterocycles. The van der Waals surface area contributed by atoms with Crippen molar-refractivity contribution in [3.63, 3.8) is 0 Å². The van der Waals surface area contributed by atoms with E-state index >= 15 is 0 Å². The quantitative estimate of drug-likeness (QED) is 0.392. The van der Waals surface area contributed by atoms with Gasteiger partial charge < -0.3 is 14.8 Å². The average Bonchev–Trinajstić information content (AvgIpc) is 3.49. The highest BCUT2D eigenvalue weighted by Crippen LogP contribution is 2.24. The summed E-state index contributed by atoms with van der Waals surface area (Å²) in [4.78, 5) is 20.0. The number of carbonyl (C=O) groups excluding carboxylic acids is 1. The van der Waals surface area contributed by atoms with Crippen LogP contribution in [0.15, 0.2) is 66.7 Å². The van der Waals surface area contributed by atoms with Crippen molar-refractivity contribution in [2.24, 2.45) is 0 Å². The van der Waals surface area contributed by atoms with Gasteiger partial charge in [-0.1, -0.05) is 42.5 Å². The highest BCUT2D eigenvalue weighted by atomic mass is 16.1. The van der Waals surface area contributed by atoms with Crippen LogP contribution in [0.1, 0.15) is 51.3 Å². The Hall–Kier alpha value is -3.44. The van der Waals surface area contributed by atoms with Gasteiger partial charge in [0.2, 0.25) is 0 Å². The molecule has 1 N–H and O–H groups in total. The number of fused-ring (bicyclic) bond motifs is 1. The Balaban J connectivity index is 1.33. The molecule has 5 heteroatoms. The summed E-state index contributed by atoms with van der Waals surface area (Å²) in [5.41, 5.74) is 7.83. The summed E-state index contributed by atoms with van der Waals surface area (Å²) in [7, 11) is 0. The smallest absolute Gasteiger partial charge is 0.251 e. The third kappa shape index (κ3) is 5.46. The molecule has 1 amide bonds. The van der Waals surface area contributed by atoms with Gasteiger partial charge >= 0.3 is 0 Å². The van der Waals surface area contributed by atoms with Crippen LogP contribution < -0.4 is 5.32 Å². The molecule has 0 atom stereocenters. The van der Waals surface area contributed by atoms with Gasteiger partial charge in [-0.25, -0.2) is 4.98 Å². The number of rotatable bonds is 8. The number of hydrogen-bond donors (Lipinski definition) is 1. The lowest BCUT2D eigenvalue weighted by molar-refractivity contribution is 0.0949. The van der Waals surface area contributed by atoms with Crippen LogP contribution in [0.5, 0.6) is 0 Å². The average molecular weight is 467 g/mol. The molecule has 5 nitrogen and oxygen atoms in total. The fourth-order valence-electron chi connectivity index (χ4n) is 4.90. The molecule has 0 unspecified atom stereocenters. The van der Waals surface area contributed by atoms with Crippen molar-refractivity contribution in [2.75, 3.05) is 26.2 Å². The van der Waals surface area contributed by atoms with Gasteiger partial charge in [-0.15, -0.1) is 0 Å². The second-order valence-electron chi connectivity index (χ2n) is 9.70. The number of aromatic nitrogens is 2. The van der Waals surface area contributed by atoms with Crippen molar-refractivity contribution < 1.29 is 4.79 Å². The Morgan fingerprint density at radius 2 is 1.63 bits per heavy atom. The number of benzene rings is 3. The second kappa shape index (κ2) is 10.4. The molecule has 3 aromatic carbocycles. The van der Waals surface area contributed by atoms with E-state index in [2.05, 4.69) is 77.2 Å². The molecule has 0 bridgehead atoms. The molecule has 5 rings (SSSR count). The first-order valence-corrected chi connectivity index (χ1v) is 12.7. The van der Waals surface area contributed by atoms with Crippen LogP contribution in [0, 0.1) is 13.8 Å². The molecule has 1 saturated heterocycles. The largest absolute Gasteiger partial charge is 0.351 e. The first-order valence-electron chi connectivity index (χ1n) is 12.7. The minimum atomic E-state index is -0.000283. The zero-order valence-electron chi connectivity index (χ0n) is 20.8. The van der Waals surface area contributed by atoms with E-state index in [4.69, 9.17) is 4.98 Å². The minimum Gasteiger partial charge on any atom is -0.351 e. The lowest BCUT2D eigenvalue weighted by Gasteiger charge is -2.15. The number of aryl methyl sites for hydroxylation is 2. The van der Waals surface area contributed by atoms with Gasteiger partial charge in [-0.05, 0) is 86.3 Å². The Morgan fingerprint density at radius 1 is 0.914 bits per heavy atom. The number of likely N-dealkylation sites (tertiary alicyclic amines) is 1. The van der Waals surface area contributed by atoms with Gasteiger partial charge in [0.05, 0.1) is 11.0 Å². The van der Waals surface area contributed by atoms with Crippen molar-refractivity contribution in [1.82, 2.24) is 19.8 Å². The van der Waals surface area contributed by atoms with E-state index in [1.807, 2.05) is 18.2 Å². The highest BCUT2D eigenvalue weighted by Gasteiger charge is 2.15. The standard InChI is InChI=1S/C30H34N4O/c1-22-18-27-28(19-23(22)2)34(29(32-27)20-24-8-4-3-5-9-24)21-25-10-12-26(13-11-25)30(35)31-14-17-33-15-6-7-16-33/h3-5,8-13,18-19H,6-7,14-17,20-21H2,1-2H3,(H,31,35). The fourth-order valence-corrected chi connectivity index (χ4v) is 4.90. The van der Waals surface area contributed by atoms with Crippen LogP contribution in [0.2, 0.25) is 0 Å². The Labute approximate surface area is 207 Å². The molecule has 0 radical (unpaired) electrons. The van der Waals surface area contributed by atoms with Gasteiger partial charge in [-0.3, -0.25) is 4.79 Å². The van der Waals surface area contributed by atoms with Crippen molar-refractivity contribution >= 4 is 16.9 Å². The lowest BCUT2D eigenvalue weighted by Crippen LogP contribution is -2.33. The van der Waals surface area contributed by atoms with Crippen LogP contribution in [0.25, 0.3) is 11.0 Å². The third-order valence-electron chi connectivity index (χ3n) is 7.12. The summed E-state index contributed by atoms with van der Waals surface area (Å²) in [6.45, 7) is 8.94. The molecule has 1 fully saturated rings. The molecule has 180 valence electrons. The van der Waals surface area contributed by atoms with Crippen LogP contribution in [-0.2, 0) is 13.0 Å². The Morgan fingerprint density at radius 3 is 2.37 bits per heavy atom. The van der Waals surface area contributed by atoms with E-state index in [-0.39, 0.29) is 5.91 Å². The van der Waals surface area contributed by atoms with E-state index in [1.54, 1.807) is 0 Å². The van der Waals surface area contributed by atoms with Crippen molar-refractivity contribution in [3.8, 4) is 0 Å². The maximum atomic E-state index is 12.6. The Kier molecular flexibility index (Phi) is 6.96. The van der Waals surface area contributed by atoms with Crippen molar-refractivity contribution in [3.05, 3.63) is 100 Å². The summed E-state index contributed by atoms with van der Waals surface area (Å²) < 4.78 is 2.32. The number of nitrogens with zero attached hydrogens (tertiary/aromatic N) is 3. The summed E-state index contributed by atoms with van der Waals surface area (Å²) in [5.74, 6) is 1.06. The maximum Gasteiger partial charge on any atom is 0.251 e. The van der Waals surface area contributed by atoms with Crippen molar-refractivity contribution in [1.29, 1.82) is 0 Å². The lowest BCUT2D eigenvalue weighted by atomic mass is 10.1. The normalized spacial score (nSPS) is 14.0. The van der Waals surface area contributed by atoms with Crippen molar-refractivity contribution in [2.45, 2.75) is 39.7 Å². The minimum absolute atomic E-state index is 0.000283. The topological polar surface area (TPSA) is 50.2 Å². The highest BCUT2D eigenvalue weighted by molar-refractivity contribution is 5.94. The third-order valence-corrected chi connectivity index (χ3v) is 7.12. The zero-order chi connectivity index (χ0) is 24.2. The number of nitrogens with one attached hydrogen (secondary N) is 1. The zero-order valence-corrected chi connectivity index (χ0v) is 20.8. The molecule has 0 spiro atoms. The van der Waals surface area contributed by atoms with Crippen LogP contribution in [0.4, 0.5) is 0 Å². The van der Waals surface area contributed by atoms with Crippen LogP contribution in [-0.4, -0.2) is 46.5 Å². The molecular formula is C30H34N4O. The summed E-state index contributed by atoms with van der Waals surface area (Å²) in [5, 5.41) is 3.07. The summed E-state index contributed by atoms with van der Waals surface area (Å²) >= 11 is 0. The number of amides is 1. The second-order valence-corrected chi connectivity index (χ2v) is 9.70. The van der Waals surface area contributed by atoms with Crippen LogP contribution >= 0.6 is 0 Å². The van der Waals surface area contributed by atoms with E-state index in [1.165, 1.54) is 29.5 Å². The van der Waals surface area contributed by atoms with E-state index < -0.39 is 0 Å². The molecule has 0 aliphatic carbocycles. The predicted octanol–water partition coefficient (Wildman–Crippen LogP) is 5.12. The monoisotopic (exact) mass is 466 g/mol. The summed E-state index contributed by atoms with van der Waals surface area (Å²) in [6.07, 6.45) is 3.33. The first-order chi connectivity index (χ1) is 17.1. The van der Waals surface area contributed by atoms with Gasteiger partial charge in [0.25, 0.3) is 5.91 Å². The number of imidazole rings is 1. The van der Waals surface area contributed by atoms with Crippen LogP contribution in [0.3, 0.4) is 0 Å². The number of carbonyl (C=O) groups is 1. The van der Waals surface area contributed by atoms with E-state index in [0.29, 0.717) is 12.1 Å². The number of hydrogen-bond acceptors (Lipinski definition) is 3.